The molecule has 0 saturated carbocycles. The number of nitrogens with zero attached hydrogens (tertiary/aromatic N) is 1. The first kappa shape index (κ1) is 18.7. The Balaban J connectivity index is 2.03. The van der Waals surface area contributed by atoms with Crippen LogP contribution in [0, 0.1) is 5.82 Å². The maximum atomic E-state index is 13.1. The first-order valence-electron chi connectivity index (χ1n) is 7.70. The Morgan fingerprint density at radius 3 is 1.68 bits per heavy atom. The normalized spacial score (nSPS) is 28.4. The van der Waals surface area contributed by atoms with Crippen LogP contribution >= 0.6 is 0 Å². The van der Waals surface area contributed by atoms with Crippen LogP contribution < -0.4 is 0 Å². The summed E-state index contributed by atoms with van der Waals surface area (Å²) in [4.78, 5) is -0.178. The van der Waals surface area contributed by atoms with Gasteiger partial charge in [-0.15, -0.1) is 0 Å². The predicted octanol–water partition coefficient (Wildman–Crippen LogP) is 0.191. The van der Waals surface area contributed by atoms with E-state index in [0.717, 1.165) is 28.6 Å². The Hall–Kier alpha value is -1.04. The van der Waals surface area contributed by atoms with Crippen LogP contribution in [0.1, 0.15) is 12.8 Å². The second-order valence-electron chi connectivity index (χ2n) is 6.40. The maximum Gasteiger partial charge on any atom is 0.243 e. The molecule has 140 valence electrons. The van der Waals surface area contributed by atoms with Crippen LogP contribution in [0.4, 0.5) is 4.39 Å². The molecule has 7 nitrogen and oxygen atoms in total. The maximum absolute atomic E-state index is 13.1. The monoisotopic (exact) mass is 411 g/mol. The van der Waals surface area contributed by atoms with Gasteiger partial charge in [0.05, 0.1) is 27.9 Å². The van der Waals surface area contributed by atoms with E-state index in [4.69, 9.17) is 0 Å². The van der Waals surface area contributed by atoms with Gasteiger partial charge in [-0.1, -0.05) is 0 Å². The van der Waals surface area contributed by atoms with Crippen molar-refractivity contribution in [2.24, 2.45) is 0 Å². The van der Waals surface area contributed by atoms with Gasteiger partial charge in [-0.25, -0.2) is 29.6 Å². The van der Waals surface area contributed by atoms with Gasteiger partial charge in [0.25, 0.3) is 0 Å². The highest BCUT2D eigenvalue weighted by Gasteiger charge is 2.45. The van der Waals surface area contributed by atoms with Crippen molar-refractivity contribution in [1.29, 1.82) is 0 Å². The molecule has 3 rings (SSSR count). The fourth-order valence-electron chi connectivity index (χ4n) is 3.37. The Labute approximate surface area is 146 Å². The third-order valence-corrected chi connectivity index (χ3v) is 10.0. The molecule has 0 N–H and O–H groups in total. The minimum Gasteiger partial charge on any atom is -0.229 e. The lowest BCUT2D eigenvalue weighted by Gasteiger charge is -2.32. The first-order valence-corrected chi connectivity index (χ1v) is 12.8. The van der Waals surface area contributed by atoms with Crippen molar-refractivity contribution in [3.05, 3.63) is 30.1 Å². The highest BCUT2D eigenvalue weighted by Crippen LogP contribution is 2.31. The zero-order valence-corrected chi connectivity index (χ0v) is 15.7. The molecular weight excluding hydrogens is 393 g/mol. The lowest BCUT2D eigenvalue weighted by molar-refractivity contribution is 0.280. The number of hydrogen-bond donors (Lipinski definition) is 0. The van der Waals surface area contributed by atoms with Gasteiger partial charge in [-0.2, -0.15) is 4.31 Å². The predicted molar refractivity (Wildman–Crippen MR) is 89.5 cm³/mol. The highest BCUT2D eigenvalue weighted by atomic mass is 32.2. The van der Waals surface area contributed by atoms with E-state index in [2.05, 4.69) is 0 Å². The lowest BCUT2D eigenvalue weighted by Crippen LogP contribution is -2.48. The van der Waals surface area contributed by atoms with Crippen LogP contribution in [0.2, 0.25) is 0 Å². The van der Waals surface area contributed by atoms with Crippen molar-refractivity contribution in [3.8, 4) is 0 Å². The van der Waals surface area contributed by atoms with Gasteiger partial charge < -0.3 is 0 Å². The molecule has 2 fully saturated rings. The molecule has 0 unspecified atom stereocenters. The summed E-state index contributed by atoms with van der Waals surface area (Å²) in [6.07, 6.45) is 0.249. The summed E-state index contributed by atoms with van der Waals surface area (Å²) in [6, 6.07) is 2.59. The van der Waals surface area contributed by atoms with Crippen LogP contribution in [-0.2, 0) is 29.7 Å². The molecular formula is C14H18FNO6S3. The van der Waals surface area contributed by atoms with Gasteiger partial charge in [0.15, 0.2) is 19.7 Å². The SMILES string of the molecule is O=S1(=O)CC[C@@H](N([C@H]2CCS(=O)(=O)C2)S(=O)(=O)c2ccc(F)cc2)C1. The number of sulfone groups is 2. The van der Waals surface area contributed by atoms with Gasteiger partial charge in [-0.05, 0) is 37.1 Å². The van der Waals surface area contributed by atoms with E-state index in [1.165, 1.54) is 0 Å². The third kappa shape index (κ3) is 3.88. The molecule has 0 radical (unpaired) electrons. The highest BCUT2D eigenvalue weighted by molar-refractivity contribution is 7.92. The van der Waals surface area contributed by atoms with Crippen molar-refractivity contribution in [1.82, 2.24) is 4.31 Å². The van der Waals surface area contributed by atoms with Gasteiger partial charge in [-0.3, -0.25) is 0 Å². The van der Waals surface area contributed by atoms with E-state index in [9.17, 15) is 29.6 Å². The number of benzene rings is 1. The topological polar surface area (TPSA) is 106 Å². The summed E-state index contributed by atoms with van der Waals surface area (Å²) in [5.41, 5.74) is 0. The molecule has 2 aliphatic rings. The Morgan fingerprint density at radius 1 is 0.880 bits per heavy atom. The molecule has 2 atom stereocenters. The van der Waals surface area contributed by atoms with E-state index in [0.29, 0.717) is 0 Å². The van der Waals surface area contributed by atoms with Crippen LogP contribution in [-0.4, -0.2) is 64.7 Å². The molecule has 1 aromatic carbocycles. The third-order valence-electron chi connectivity index (χ3n) is 4.53. The minimum atomic E-state index is -4.15. The molecule has 0 aromatic heterocycles. The van der Waals surface area contributed by atoms with Crippen molar-refractivity contribution in [2.45, 2.75) is 29.8 Å². The summed E-state index contributed by atoms with van der Waals surface area (Å²) in [5.74, 6) is -1.52. The average molecular weight is 411 g/mol. The summed E-state index contributed by atoms with van der Waals surface area (Å²) < 4.78 is 87.5. The molecule has 0 amide bonds. The molecule has 0 spiro atoms. The first-order chi connectivity index (χ1) is 11.5. The summed E-state index contributed by atoms with van der Waals surface area (Å²) in [7, 11) is -10.9. The quantitative estimate of drug-likeness (QED) is 0.700. The summed E-state index contributed by atoms with van der Waals surface area (Å²) in [6.45, 7) is 0. The largest absolute Gasteiger partial charge is 0.243 e. The van der Waals surface area contributed by atoms with Crippen LogP contribution in [0.3, 0.4) is 0 Å². The molecule has 25 heavy (non-hydrogen) atoms. The summed E-state index contributed by atoms with van der Waals surface area (Å²) in [5, 5.41) is 0. The molecule has 1 aromatic rings. The van der Waals surface area contributed by atoms with E-state index in [1.54, 1.807) is 0 Å². The van der Waals surface area contributed by atoms with Crippen LogP contribution in [0.25, 0.3) is 0 Å². The number of rotatable bonds is 4. The van der Waals surface area contributed by atoms with Crippen molar-refractivity contribution < 1.29 is 29.6 Å². The van der Waals surface area contributed by atoms with E-state index >= 15 is 0 Å². The Kier molecular flexibility index (Phi) is 4.71. The summed E-state index contributed by atoms with van der Waals surface area (Å²) >= 11 is 0. The fraction of sp³-hybridized carbons (Fsp3) is 0.571. The minimum absolute atomic E-state index is 0.124. The van der Waals surface area contributed by atoms with E-state index < -0.39 is 47.6 Å². The molecule has 2 aliphatic heterocycles. The zero-order valence-electron chi connectivity index (χ0n) is 13.2. The molecule has 11 heteroatoms. The fourth-order valence-corrected chi connectivity index (χ4v) is 8.85. The van der Waals surface area contributed by atoms with Crippen molar-refractivity contribution in [3.63, 3.8) is 0 Å². The smallest absolute Gasteiger partial charge is 0.229 e. The molecule has 0 aliphatic carbocycles. The number of halogens is 1. The van der Waals surface area contributed by atoms with Gasteiger partial charge in [0.1, 0.15) is 5.82 Å². The van der Waals surface area contributed by atoms with E-state index in [-0.39, 0.29) is 40.7 Å². The van der Waals surface area contributed by atoms with Crippen molar-refractivity contribution >= 4 is 29.7 Å². The lowest BCUT2D eigenvalue weighted by atomic mass is 10.2. The second kappa shape index (κ2) is 6.29. The van der Waals surface area contributed by atoms with Gasteiger partial charge in [0, 0.05) is 12.1 Å². The second-order valence-corrected chi connectivity index (χ2v) is 12.7. The van der Waals surface area contributed by atoms with E-state index in [1.807, 2.05) is 0 Å². The molecule has 2 heterocycles. The standard InChI is InChI=1S/C14H18FNO6S3/c15-11-1-3-14(4-2-11)25(21,22)16(12-5-7-23(17,18)9-12)13-6-8-24(19,20)10-13/h1-4,12-13H,5-10H2/t12-,13+. The number of sulfonamides is 1. The van der Waals surface area contributed by atoms with Gasteiger partial charge in [0.2, 0.25) is 10.0 Å². The molecule has 2 saturated heterocycles. The Morgan fingerprint density at radius 2 is 1.32 bits per heavy atom. The number of hydrogen-bond acceptors (Lipinski definition) is 6. The molecule has 0 bridgehead atoms. The average Bonchev–Trinajstić information content (AvgIpc) is 3.02. The van der Waals surface area contributed by atoms with Crippen LogP contribution in [0.15, 0.2) is 29.2 Å². The van der Waals surface area contributed by atoms with Crippen LogP contribution in [0.5, 0.6) is 0 Å². The zero-order chi connectivity index (χ0) is 18.5. The van der Waals surface area contributed by atoms with Gasteiger partial charge >= 0.3 is 0 Å². The van der Waals surface area contributed by atoms with Crippen molar-refractivity contribution in [2.75, 3.05) is 23.0 Å². The Bertz CT molecular complexity index is 926.